The van der Waals surface area contributed by atoms with Crippen molar-refractivity contribution in [2.24, 2.45) is 0 Å². The summed E-state index contributed by atoms with van der Waals surface area (Å²) in [6.45, 7) is -0.850. The molecule has 21 heavy (non-hydrogen) atoms. The van der Waals surface area contributed by atoms with Gasteiger partial charge in [0, 0.05) is 5.69 Å². The molecule has 0 bridgehead atoms. The minimum atomic E-state index is -2.04. The molecule has 118 valence electrons. The fourth-order valence-electron chi connectivity index (χ4n) is 1.62. The summed E-state index contributed by atoms with van der Waals surface area (Å²) in [4.78, 5) is 11.7. The van der Waals surface area contributed by atoms with Crippen LogP contribution in [0.3, 0.4) is 0 Å². The Hall–Kier alpha value is -1.55. The number of carbonyl (C=O) groups excluding carboxylic acids is 1. The normalized spacial score (nSPS) is 18.4. The maximum Gasteiger partial charge on any atom is 0.256 e. The third-order valence-electron chi connectivity index (χ3n) is 2.91. The summed E-state index contributed by atoms with van der Waals surface area (Å²) in [7, 11) is 0. The van der Waals surface area contributed by atoms with E-state index in [0.717, 1.165) is 0 Å². The highest BCUT2D eigenvalue weighted by molar-refractivity contribution is 5.94. The molecule has 0 unspecified atom stereocenters. The molecule has 0 aromatic heterocycles. The van der Waals surface area contributed by atoms with Crippen molar-refractivity contribution >= 4 is 11.6 Å². The molecule has 8 nitrogen and oxygen atoms in total. The smallest absolute Gasteiger partial charge is 0.256 e. The molecule has 5 atom stereocenters. The summed E-state index contributed by atoms with van der Waals surface area (Å²) in [5.74, 6) is -0.988. The molecule has 1 amide bonds. The molecule has 0 saturated heterocycles. The van der Waals surface area contributed by atoms with E-state index in [9.17, 15) is 25.2 Å². The molecular formula is C13H19NO7. The van der Waals surface area contributed by atoms with E-state index in [1.54, 1.807) is 30.3 Å². The van der Waals surface area contributed by atoms with Crippen molar-refractivity contribution in [3.05, 3.63) is 30.3 Å². The maximum atomic E-state index is 11.7. The first-order chi connectivity index (χ1) is 9.88. The summed E-state index contributed by atoms with van der Waals surface area (Å²) >= 11 is 0. The van der Waals surface area contributed by atoms with Crippen LogP contribution in [-0.4, -0.2) is 73.7 Å². The number of aliphatic hydroxyl groups excluding tert-OH is 6. The highest BCUT2D eigenvalue weighted by Crippen LogP contribution is 2.11. The maximum absolute atomic E-state index is 11.7. The number of hydrogen-bond donors (Lipinski definition) is 7. The van der Waals surface area contributed by atoms with Crippen molar-refractivity contribution in [3.8, 4) is 0 Å². The number of anilines is 1. The molecule has 8 heteroatoms. The topological polar surface area (TPSA) is 150 Å². The number of nitrogens with one attached hydrogen (secondary N) is 1. The SMILES string of the molecule is O=C(Nc1ccccc1)[C@H](O)[C@@H](O)[C@H](O)[C@H](O)[C@H](O)CO. The Morgan fingerprint density at radius 2 is 1.52 bits per heavy atom. The van der Waals surface area contributed by atoms with Gasteiger partial charge in [-0.05, 0) is 12.1 Å². The highest BCUT2D eigenvalue weighted by atomic mass is 16.4. The number of aliphatic hydroxyl groups is 6. The van der Waals surface area contributed by atoms with E-state index in [1.807, 2.05) is 0 Å². The van der Waals surface area contributed by atoms with Crippen molar-refractivity contribution in [2.45, 2.75) is 30.5 Å². The van der Waals surface area contributed by atoms with Crippen molar-refractivity contribution in [1.29, 1.82) is 0 Å². The van der Waals surface area contributed by atoms with E-state index >= 15 is 0 Å². The van der Waals surface area contributed by atoms with Gasteiger partial charge in [-0.2, -0.15) is 0 Å². The molecule has 0 saturated carbocycles. The van der Waals surface area contributed by atoms with Gasteiger partial charge >= 0.3 is 0 Å². The minimum absolute atomic E-state index is 0.374. The van der Waals surface area contributed by atoms with Crippen molar-refractivity contribution in [2.75, 3.05) is 11.9 Å². The molecule has 0 aliphatic rings. The van der Waals surface area contributed by atoms with E-state index < -0.39 is 43.0 Å². The zero-order valence-electron chi connectivity index (χ0n) is 11.1. The zero-order chi connectivity index (χ0) is 16.0. The molecule has 0 aliphatic heterocycles. The number of carbonyl (C=O) groups is 1. The first kappa shape index (κ1) is 17.5. The van der Waals surface area contributed by atoms with Gasteiger partial charge in [-0.3, -0.25) is 4.79 Å². The van der Waals surface area contributed by atoms with Crippen LogP contribution in [0.25, 0.3) is 0 Å². The second-order valence-electron chi connectivity index (χ2n) is 4.52. The molecule has 0 spiro atoms. The average Bonchev–Trinajstić information content (AvgIpc) is 2.52. The third-order valence-corrected chi connectivity index (χ3v) is 2.91. The van der Waals surface area contributed by atoms with Gasteiger partial charge in [-0.1, -0.05) is 18.2 Å². The van der Waals surface area contributed by atoms with Crippen molar-refractivity contribution in [3.63, 3.8) is 0 Å². The fraction of sp³-hybridized carbons (Fsp3) is 0.462. The largest absolute Gasteiger partial charge is 0.394 e. The van der Waals surface area contributed by atoms with Crippen LogP contribution in [0.4, 0.5) is 5.69 Å². The van der Waals surface area contributed by atoms with Gasteiger partial charge in [0.15, 0.2) is 6.10 Å². The van der Waals surface area contributed by atoms with E-state index in [0.29, 0.717) is 5.69 Å². The van der Waals surface area contributed by atoms with Crippen LogP contribution < -0.4 is 5.32 Å². The Labute approximate surface area is 120 Å². The minimum Gasteiger partial charge on any atom is -0.394 e. The van der Waals surface area contributed by atoms with Gasteiger partial charge in [0.25, 0.3) is 5.91 Å². The van der Waals surface area contributed by atoms with E-state index in [4.69, 9.17) is 10.2 Å². The molecule has 0 radical (unpaired) electrons. The van der Waals surface area contributed by atoms with Gasteiger partial charge in [0.05, 0.1) is 6.61 Å². The predicted octanol–water partition coefficient (Wildman–Crippen LogP) is -2.58. The van der Waals surface area contributed by atoms with Crippen LogP contribution in [-0.2, 0) is 4.79 Å². The summed E-state index contributed by atoms with van der Waals surface area (Å²) < 4.78 is 0. The summed E-state index contributed by atoms with van der Waals surface area (Å²) in [5.41, 5.74) is 0.374. The average molecular weight is 301 g/mol. The van der Waals surface area contributed by atoms with Gasteiger partial charge in [0.1, 0.15) is 24.4 Å². The monoisotopic (exact) mass is 301 g/mol. The van der Waals surface area contributed by atoms with E-state index in [1.165, 1.54) is 0 Å². The van der Waals surface area contributed by atoms with Crippen LogP contribution in [0.1, 0.15) is 0 Å². The van der Waals surface area contributed by atoms with Crippen LogP contribution in [0.2, 0.25) is 0 Å². The zero-order valence-corrected chi connectivity index (χ0v) is 11.1. The molecule has 0 heterocycles. The van der Waals surface area contributed by atoms with Crippen LogP contribution >= 0.6 is 0 Å². The quantitative estimate of drug-likeness (QED) is 0.292. The number of para-hydroxylation sites is 1. The Kier molecular flexibility index (Phi) is 6.69. The Morgan fingerprint density at radius 1 is 0.952 bits per heavy atom. The molecule has 0 fully saturated rings. The van der Waals surface area contributed by atoms with Gasteiger partial charge in [0.2, 0.25) is 0 Å². The lowest BCUT2D eigenvalue weighted by molar-refractivity contribution is -0.153. The Bertz CT molecular complexity index is 441. The molecule has 1 aromatic carbocycles. The number of benzene rings is 1. The lowest BCUT2D eigenvalue weighted by Crippen LogP contribution is -2.52. The molecule has 1 rings (SSSR count). The lowest BCUT2D eigenvalue weighted by Gasteiger charge is -2.27. The van der Waals surface area contributed by atoms with Crippen molar-refractivity contribution in [1.82, 2.24) is 0 Å². The number of rotatable bonds is 7. The third kappa shape index (κ3) is 4.74. The van der Waals surface area contributed by atoms with Gasteiger partial charge in [-0.25, -0.2) is 0 Å². The molecule has 1 aromatic rings. The summed E-state index contributed by atoms with van der Waals surface area (Å²) in [6, 6.07) is 8.12. The second kappa shape index (κ2) is 8.03. The predicted molar refractivity (Wildman–Crippen MR) is 72.2 cm³/mol. The highest BCUT2D eigenvalue weighted by Gasteiger charge is 2.37. The summed E-state index contributed by atoms with van der Waals surface area (Å²) in [5, 5.41) is 58.3. The first-order valence-corrected chi connectivity index (χ1v) is 6.25. The lowest BCUT2D eigenvalue weighted by atomic mass is 9.99. The van der Waals surface area contributed by atoms with Gasteiger partial charge in [-0.15, -0.1) is 0 Å². The molecule has 7 N–H and O–H groups in total. The fourth-order valence-corrected chi connectivity index (χ4v) is 1.62. The summed E-state index contributed by atoms with van der Waals surface area (Å²) in [6.07, 6.45) is -9.70. The first-order valence-electron chi connectivity index (χ1n) is 6.25. The Morgan fingerprint density at radius 3 is 2.05 bits per heavy atom. The van der Waals surface area contributed by atoms with E-state index in [-0.39, 0.29) is 0 Å². The van der Waals surface area contributed by atoms with Crippen LogP contribution in [0, 0.1) is 0 Å². The molecular weight excluding hydrogens is 282 g/mol. The number of amides is 1. The number of hydrogen-bond acceptors (Lipinski definition) is 7. The van der Waals surface area contributed by atoms with Crippen molar-refractivity contribution < 1.29 is 35.4 Å². The van der Waals surface area contributed by atoms with Crippen LogP contribution in [0.15, 0.2) is 30.3 Å². The van der Waals surface area contributed by atoms with Gasteiger partial charge < -0.3 is 36.0 Å². The standard InChI is InChI=1S/C13H19NO7/c15-6-8(16)9(17)10(18)11(19)12(20)13(21)14-7-4-2-1-3-5-7/h1-5,8-12,15-20H,6H2,(H,14,21)/t8-,9-,10-,11+,12-/m1/s1. The Balaban J connectivity index is 2.64. The second-order valence-corrected chi connectivity index (χ2v) is 4.52. The van der Waals surface area contributed by atoms with E-state index in [2.05, 4.69) is 5.32 Å². The molecule has 0 aliphatic carbocycles. The van der Waals surface area contributed by atoms with Crippen LogP contribution in [0.5, 0.6) is 0 Å².